The smallest absolute Gasteiger partial charge is 0.229 e. The standard InChI is InChI=1S/C22H24F5NO7/c23-4-1-5-28-11-2-3-14(34-22-20(32)19(31)18(30)15(8-29)35-22)10(6-11)9-33-21-16(26)12(24)7-13(25)17(21)27/h2-3,6-7,15,18-20,22,28-32H,1,4-5,8-9H2/t15-,18+,19+,20-,22-/m1/s1. The van der Waals surface area contributed by atoms with E-state index >= 15 is 0 Å². The van der Waals surface area contributed by atoms with Gasteiger partial charge in [-0.05, 0) is 24.6 Å². The number of alkyl halides is 1. The van der Waals surface area contributed by atoms with Gasteiger partial charge in [0.25, 0.3) is 0 Å². The second kappa shape index (κ2) is 11.8. The molecule has 1 saturated heterocycles. The molecule has 0 spiro atoms. The van der Waals surface area contributed by atoms with Gasteiger partial charge in [0.1, 0.15) is 36.8 Å². The highest BCUT2D eigenvalue weighted by molar-refractivity contribution is 5.51. The highest BCUT2D eigenvalue weighted by atomic mass is 19.2. The molecule has 1 fully saturated rings. The summed E-state index contributed by atoms with van der Waals surface area (Å²) in [6.45, 7) is -1.73. The van der Waals surface area contributed by atoms with E-state index in [1.807, 2.05) is 0 Å². The highest BCUT2D eigenvalue weighted by Crippen LogP contribution is 2.32. The molecule has 2 aromatic carbocycles. The molecule has 35 heavy (non-hydrogen) atoms. The van der Waals surface area contributed by atoms with E-state index in [4.69, 9.17) is 14.2 Å². The minimum atomic E-state index is -1.75. The molecule has 1 heterocycles. The minimum absolute atomic E-state index is 0.0284. The van der Waals surface area contributed by atoms with Crippen LogP contribution in [0.3, 0.4) is 0 Å². The maximum absolute atomic E-state index is 14.0. The summed E-state index contributed by atoms with van der Waals surface area (Å²) in [5, 5.41) is 42.3. The van der Waals surface area contributed by atoms with Crippen LogP contribution in [0, 0.1) is 23.3 Å². The predicted molar refractivity (Wildman–Crippen MR) is 111 cm³/mol. The Hall–Kier alpha value is -2.71. The van der Waals surface area contributed by atoms with E-state index < -0.39 is 79.6 Å². The minimum Gasteiger partial charge on any atom is -0.483 e. The lowest BCUT2D eigenvalue weighted by Gasteiger charge is -2.39. The molecular weight excluding hydrogens is 485 g/mol. The van der Waals surface area contributed by atoms with Crippen LogP contribution in [0.2, 0.25) is 0 Å². The Morgan fingerprint density at radius 2 is 1.63 bits per heavy atom. The van der Waals surface area contributed by atoms with Crippen molar-refractivity contribution in [3.8, 4) is 11.5 Å². The molecule has 0 aliphatic carbocycles. The Labute approximate surface area is 196 Å². The molecule has 3 rings (SSSR count). The Balaban J connectivity index is 1.88. The maximum atomic E-state index is 14.0. The van der Waals surface area contributed by atoms with Gasteiger partial charge in [0.05, 0.1) is 13.3 Å². The molecule has 0 bridgehead atoms. The van der Waals surface area contributed by atoms with Crippen LogP contribution in [0.25, 0.3) is 0 Å². The topological polar surface area (TPSA) is 121 Å². The van der Waals surface area contributed by atoms with E-state index in [9.17, 15) is 42.4 Å². The molecule has 0 unspecified atom stereocenters. The molecule has 5 N–H and O–H groups in total. The summed E-state index contributed by atoms with van der Waals surface area (Å²) in [6.07, 6.45) is -7.78. The van der Waals surface area contributed by atoms with Crippen molar-refractivity contribution in [3.63, 3.8) is 0 Å². The van der Waals surface area contributed by atoms with E-state index in [1.54, 1.807) is 0 Å². The zero-order valence-electron chi connectivity index (χ0n) is 18.1. The highest BCUT2D eigenvalue weighted by Gasteiger charge is 2.44. The van der Waals surface area contributed by atoms with Crippen molar-refractivity contribution in [2.24, 2.45) is 0 Å². The van der Waals surface area contributed by atoms with Crippen LogP contribution in [0.1, 0.15) is 12.0 Å². The molecule has 0 radical (unpaired) electrons. The van der Waals surface area contributed by atoms with Gasteiger partial charge >= 0.3 is 0 Å². The van der Waals surface area contributed by atoms with Gasteiger partial charge in [-0.2, -0.15) is 8.78 Å². The van der Waals surface area contributed by atoms with E-state index in [0.29, 0.717) is 5.69 Å². The lowest BCUT2D eigenvalue weighted by Crippen LogP contribution is -2.60. The number of halogens is 5. The molecular formula is C22H24F5NO7. The number of ether oxygens (including phenoxy) is 3. The summed E-state index contributed by atoms with van der Waals surface area (Å²) in [7, 11) is 0. The number of benzene rings is 2. The molecule has 194 valence electrons. The third kappa shape index (κ3) is 6.11. The van der Waals surface area contributed by atoms with E-state index in [2.05, 4.69) is 5.32 Å². The molecule has 0 aromatic heterocycles. The number of anilines is 1. The SMILES string of the molecule is OC[C@H]1O[C@@H](Oc2ccc(NCCCF)cc2COc2c(F)c(F)cc(F)c2F)[C@H](O)[C@@H](O)[C@H]1O. The average molecular weight is 509 g/mol. The number of aliphatic hydroxyl groups is 4. The first-order valence-electron chi connectivity index (χ1n) is 10.5. The van der Waals surface area contributed by atoms with Gasteiger partial charge in [-0.1, -0.05) is 0 Å². The van der Waals surface area contributed by atoms with Crippen LogP contribution in [0.4, 0.5) is 27.6 Å². The molecule has 1 aliphatic heterocycles. The number of hydrogen-bond acceptors (Lipinski definition) is 8. The number of nitrogens with one attached hydrogen (secondary N) is 1. The molecule has 8 nitrogen and oxygen atoms in total. The molecule has 13 heteroatoms. The summed E-state index contributed by atoms with van der Waals surface area (Å²) in [5.41, 5.74) is 0.459. The Morgan fingerprint density at radius 1 is 0.943 bits per heavy atom. The fourth-order valence-corrected chi connectivity index (χ4v) is 3.33. The molecule has 0 saturated carbocycles. The second-order valence-electron chi connectivity index (χ2n) is 7.69. The van der Waals surface area contributed by atoms with Crippen molar-refractivity contribution < 1.29 is 56.6 Å². The van der Waals surface area contributed by atoms with Crippen LogP contribution in [-0.4, -0.2) is 71.0 Å². The lowest BCUT2D eigenvalue weighted by atomic mass is 9.99. The Bertz CT molecular complexity index is 986. The number of hydrogen-bond donors (Lipinski definition) is 5. The largest absolute Gasteiger partial charge is 0.483 e. The fraction of sp³-hybridized carbons (Fsp3) is 0.455. The van der Waals surface area contributed by atoms with E-state index in [-0.39, 0.29) is 30.3 Å². The van der Waals surface area contributed by atoms with Crippen molar-refractivity contribution in [2.75, 3.05) is 25.1 Å². The van der Waals surface area contributed by atoms with Crippen LogP contribution in [-0.2, 0) is 11.3 Å². The second-order valence-corrected chi connectivity index (χ2v) is 7.69. The van der Waals surface area contributed by atoms with Gasteiger partial charge < -0.3 is 40.0 Å². The number of rotatable bonds is 10. The van der Waals surface area contributed by atoms with Gasteiger partial charge in [0.15, 0.2) is 17.4 Å². The number of aliphatic hydroxyl groups excluding tert-OH is 4. The van der Waals surface area contributed by atoms with Crippen molar-refractivity contribution in [2.45, 2.75) is 43.7 Å². The summed E-state index contributed by atoms with van der Waals surface area (Å²) in [5.74, 6) is -8.24. The monoisotopic (exact) mass is 509 g/mol. The van der Waals surface area contributed by atoms with Gasteiger partial charge in [0, 0.05) is 23.9 Å². The van der Waals surface area contributed by atoms with Crippen LogP contribution >= 0.6 is 0 Å². The Morgan fingerprint density at radius 3 is 2.26 bits per heavy atom. The molecule has 2 aromatic rings. The lowest BCUT2D eigenvalue weighted by molar-refractivity contribution is -0.277. The van der Waals surface area contributed by atoms with Gasteiger partial charge in [-0.3, -0.25) is 4.39 Å². The third-order valence-corrected chi connectivity index (χ3v) is 5.24. The fourth-order valence-electron chi connectivity index (χ4n) is 3.33. The third-order valence-electron chi connectivity index (χ3n) is 5.24. The van der Waals surface area contributed by atoms with Crippen LogP contribution in [0.5, 0.6) is 11.5 Å². The van der Waals surface area contributed by atoms with Crippen LogP contribution < -0.4 is 14.8 Å². The Kier molecular flexibility index (Phi) is 9.08. The maximum Gasteiger partial charge on any atom is 0.229 e. The first-order chi connectivity index (χ1) is 16.7. The predicted octanol–water partition coefficient (Wildman–Crippen LogP) is 1.77. The summed E-state index contributed by atoms with van der Waals surface area (Å²) >= 11 is 0. The summed E-state index contributed by atoms with van der Waals surface area (Å²) in [4.78, 5) is 0. The van der Waals surface area contributed by atoms with E-state index in [1.165, 1.54) is 18.2 Å². The molecule has 1 aliphatic rings. The average Bonchev–Trinajstić information content (AvgIpc) is 2.84. The van der Waals surface area contributed by atoms with E-state index in [0.717, 1.165) is 0 Å². The molecule has 0 amide bonds. The quantitative estimate of drug-likeness (QED) is 0.187. The first-order valence-corrected chi connectivity index (χ1v) is 10.5. The van der Waals surface area contributed by atoms with Crippen molar-refractivity contribution in [3.05, 3.63) is 53.1 Å². The summed E-state index contributed by atoms with van der Waals surface area (Å²) < 4.78 is 83.3. The van der Waals surface area contributed by atoms with Crippen molar-refractivity contribution in [1.29, 1.82) is 0 Å². The van der Waals surface area contributed by atoms with Gasteiger partial charge in [-0.15, -0.1) is 0 Å². The normalized spacial score (nSPS) is 24.3. The first kappa shape index (κ1) is 26.9. The van der Waals surface area contributed by atoms with Gasteiger partial charge in [-0.25, -0.2) is 8.78 Å². The molecule has 5 atom stereocenters. The van der Waals surface area contributed by atoms with Crippen molar-refractivity contribution >= 4 is 5.69 Å². The summed E-state index contributed by atoms with van der Waals surface area (Å²) in [6, 6.07) is 4.21. The zero-order chi connectivity index (χ0) is 25.7. The van der Waals surface area contributed by atoms with Gasteiger partial charge in [0.2, 0.25) is 17.9 Å². The zero-order valence-corrected chi connectivity index (χ0v) is 18.1. The van der Waals surface area contributed by atoms with Crippen LogP contribution in [0.15, 0.2) is 24.3 Å². The van der Waals surface area contributed by atoms with Crippen molar-refractivity contribution in [1.82, 2.24) is 0 Å².